The fourth-order valence-electron chi connectivity index (χ4n) is 2.71. The highest BCUT2D eigenvalue weighted by atomic mass is 16.6. The molecule has 0 spiro atoms. The van der Waals surface area contributed by atoms with Crippen LogP contribution >= 0.6 is 0 Å². The van der Waals surface area contributed by atoms with Crippen molar-refractivity contribution in [1.29, 1.82) is 0 Å². The lowest BCUT2D eigenvalue weighted by Gasteiger charge is -2.17. The van der Waals surface area contributed by atoms with E-state index >= 15 is 0 Å². The molecule has 0 saturated heterocycles. The summed E-state index contributed by atoms with van der Waals surface area (Å²) >= 11 is 0. The van der Waals surface area contributed by atoms with Crippen LogP contribution in [-0.4, -0.2) is 101 Å². The second-order valence-electron chi connectivity index (χ2n) is 7.97. The number of amides is 3. The van der Waals surface area contributed by atoms with E-state index in [1.54, 1.807) is 6.92 Å². The number of ketones is 1. The van der Waals surface area contributed by atoms with E-state index in [2.05, 4.69) is 36.0 Å². The summed E-state index contributed by atoms with van der Waals surface area (Å²) in [6, 6.07) is -1.13. The number of hydrogen-bond donors (Lipinski definition) is 3. The maximum atomic E-state index is 12.2. The predicted octanol–water partition coefficient (Wildman–Crippen LogP) is 1.64. The molecule has 0 aromatic carbocycles. The van der Waals surface area contributed by atoms with E-state index in [-0.39, 0.29) is 52.6 Å². The average Bonchev–Trinajstić information content (AvgIpc) is 2.95. The first-order valence-electron chi connectivity index (χ1n) is 12.7. The minimum Gasteiger partial charge on any atom is -0.466 e. The van der Waals surface area contributed by atoms with Gasteiger partial charge in [0.1, 0.15) is 19.3 Å². The highest BCUT2D eigenvalue weighted by Gasteiger charge is 2.25. The van der Waals surface area contributed by atoms with E-state index in [0.717, 1.165) is 0 Å². The van der Waals surface area contributed by atoms with Crippen molar-refractivity contribution in [2.75, 3.05) is 59.2 Å². The van der Waals surface area contributed by atoms with Crippen molar-refractivity contribution in [2.45, 2.75) is 39.2 Å². The largest absolute Gasteiger partial charge is 0.466 e. The smallest absolute Gasteiger partial charge is 0.407 e. The van der Waals surface area contributed by atoms with Gasteiger partial charge in [0.2, 0.25) is 0 Å². The summed E-state index contributed by atoms with van der Waals surface area (Å²) < 4.78 is 24.4. The third kappa shape index (κ3) is 20.0. The zero-order valence-corrected chi connectivity index (χ0v) is 23.3. The minimum atomic E-state index is -1.13. The summed E-state index contributed by atoms with van der Waals surface area (Å²) in [7, 11) is 0. The molecule has 0 heterocycles. The van der Waals surface area contributed by atoms with E-state index in [1.807, 2.05) is 0 Å². The number of Topliss-reactive ketones (excluding diaryl/α,β-unsaturated/α-hetero) is 1. The first kappa shape index (κ1) is 37.0. The van der Waals surface area contributed by atoms with Crippen LogP contribution in [0, 0.1) is 5.92 Å². The standard InChI is InChI=1S/C22H35N9O11/c1-3-38-19(34)16(13-25-20(35)40-8-4-6-27-30-23)12-18(33)39-10-11-42-22(37)29-17(15(2)32)14-26-21(36)41-9-5-7-28-31-24/h16-17H,3-14H2,1-2H3,(H,25,35)(H,26,36)(H,29,37). The van der Waals surface area contributed by atoms with Crippen LogP contribution in [0.1, 0.15) is 33.1 Å². The number of alkyl carbamates (subject to hydrolysis) is 3. The molecule has 0 rings (SSSR count). The molecule has 0 aliphatic rings. The van der Waals surface area contributed by atoms with Crippen molar-refractivity contribution >= 4 is 36.0 Å². The highest BCUT2D eigenvalue weighted by Crippen LogP contribution is 2.07. The number of rotatable bonds is 21. The molecule has 0 aliphatic heterocycles. The van der Waals surface area contributed by atoms with Crippen molar-refractivity contribution < 1.29 is 52.5 Å². The zero-order chi connectivity index (χ0) is 31.6. The van der Waals surface area contributed by atoms with Crippen molar-refractivity contribution in [3.8, 4) is 0 Å². The summed E-state index contributed by atoms with van der Waals surface area (Å²) in [5, 5.41) is 13.5. The van der Waals surface area contributed by atoms with Gasteiger partial charge in [-0.05, 0) is 37.8 Å². The van der Waals surface area contributed by atoms with Crippen LogP contribution < -0.4 is 16.0 Å². The van der Waals surface area contributed by atoms with Gasteiger partial charge in [0.05, 0.1) is 32.2 Å². The van der Waals surface area contributed by atoms with E-state index in [0.29, 0.717) is 12.8 Å². The lowest BCUT2D eigenvalue weighted by atomic mass is 10.1. The molecule has 0 aromatic rings. The molecule has 2 unspecified atom stereocenters. The number of azide groups is 2. The molecule has 0 saturated carbocycles. The Balaban J connectivity index is 4.46. The summed E-state index contributed by atoms with van der Waals surface area (Å²) in [5.74, 6) is -3.17. The molecule has 20 nitrogen and oxygen atoms in total. The second kappa shape index (κ2) is 23.9. The van der Waals surface area contributed by atoms with Crippen molar-refractivity contribution in [3.63, 3.8) is 0 Å². The number of carbonyl (C=O) groups is 6. The van der Waals surface area contributed by atoms with E-state index in [1.165, 1.54) is 6.92 Å². The quantitative estimate of drug-likeness (QED) is 0.0424. The Labute approximate surface area is 240 Å². The lowest BCUT2D eigenvalue weighted by Crippen LogP contribution is -2.48. The molecule has 0 aromatic heterocycles. The third-order valence-corrected chi connectivity index (χ3v) is 4.74. The maximum Gasteiger partial charge on any atom is 0.407 e. The molecule has 0 bridgehead atoms. The van der Waals surface area contributed by atoms with Crippen molar-refractivity contribution in [3.05, 3.63) is 20.9 Å². The molecular weight excluding hydrogens is 566 g/mol. The molecule has 2 atom stereocenters. The summed E-state index contributed by atoms with van der Waals surface area (Å²) in [4.78, 5) is 76.6. The third-order valence-electron chi connectivity index (χ3n) is 4.74. The average molecular weight is 602 g/mol. The molecule has 3 amide bonds. The monoisotopic (exact) mass is 601 g/mol. The molecule has 20 heteroatoms. The molecular formula is C22H35N9O11. The van der Waals surface area contributed by atoms with Crippen LogP contribution in [0.4, 0.5) is 14.4 Å². The van der Waals surface area contributed by atoms with Crippen molar-refractivity contribution in [1.82, 2.24) is 16.0 Å². The Hall–Kier alpha value is -4.96. The number of nitrogens with one attached hydrogen (secondary N) is 3. The normalized spacial score (nSPS) is 11.2. The van der Waals surface area contributed by atoms with Crippen LogP contribution in [-0.2, 0) is 38.1 Å². The molecule has 42 heavy (non-hydrogen) atoms. The van der Waals surface area contributed by atoms with Crippen LogP contribution in [0.2, 0.25) is 0 Å². The van der Waals surface area contributed by atoms with Gasteiger partial charge in [0.15, 0.2) is 5.78 Å². The molecule has 0 fully saturated rings. The molecule has 0 radical (unpaired) electrons. The van der Waals surface area contributed by atoms with Crippen LogP contribution in [0.15, 0.2) is 10.2 Å². The van der Waals surface area contributed by atoms with Gasteiger partial charge in [-0.1, -0.05) is 10.2 Å². The second-order valence-corrected chi connectivity index (χ2v) is 7.97. The maximum absolute atomic E-state index is 12.2. The summed E-state index contributed by atoms with van der Waals surface area (Å²) in [6.07, 6.45) is -2.57. The first-order chi connectivity index (χ1) is 20.1. The van der Waals surface area contributed by atoms with E-state index in [4.69, 9.17) is 34.7 Å². The van der Waals surface area contributed by atoms with E-state index in [9.17, 15) is 28.8 Å². The Morgan fingerprint density at radius 1 is 0.738 bits per heavy atom. The fourth-order valence-corrected chi connectivity index (χ4v) is 2.71. The number of carbonyl (C=O) groups excluding carboxylic acids is 6. The number of nitrogens with zero attached hydrogens (tertiary/aromatic N) is 6. The highest BCUT2D eigenvalue weighted by molar-refractivity contribution is 5.86. The summed E-state index contributed by atoms with van der Waals surface area (Å²) in [6.45, 7) is 1.67. The predicted molar refractivity (Wildman–Crippen MR) is 141 cm³/mol. The van der Waals surface area contributed by atoms with Gasteiger partial charge < -0.3 is 39.6 Å². The molecule has 234 valence electrons. The number of hydrogen-bond acceptors (Lipinski definition) is 13. The van der Waals surface area contributed by atoms with Gasteiger partial charge in [0, 0.05) is 36.0 Å². The van der Waals surface area contributed by atoms with Gasteiger partial charge in [-0.2, -0.15) is 0 Å². The van der Waals surface area contributed by atoms with Crippen LogP contribution in [0.3, 0.4) is 0 Å². The SMILES string of the molecule is CCOC(=O)C(CNC(=O)OCCCN=[N+]=[N-])CC(=O)OCCOC(=O)NC(CNC(=O)OCCCN=[N+]=[N-])C(C)=O. The van der Waals surface area contributed by atoms with Gasteiger partial charge >= 0.3 is 30.2 Å². The van der Waals surface area contributed by atoms with Crippen LogP contribution in [0.25, 0.3) is 20.9 Å². The lowest BCUT2D eigenvalue weighted by molar-refractivity contribution is -0.155. The van der Waals surface area contributed by atoms with E-state index < -0.39 is 61.0 Å². The number of esters is 2. The molecule has 3 N–H and O–H groups in total. The van der Waals surface area contributed by atoms with Crippen molar-refractivity contribution in [2.24, 2.45) is 16.1 Å². The van der Waals surface area contributed by atoms with Gasteiger partial charge in [-0.15, -0.1) is 0 Å². The zero-order valence-electron chi connectivity index (χ0n) is 23.3. The van der Waals surface area contributed by atoms with Gasteiger partial charge in [-0.3, -0.25) is 14.4 Å². The Morgan fingerprint density at radius 2 is 1.26 bits per heavy atom. The Morgan fingerprint density at radius 3 is 1.79 bits per heavy atom. The topological polar surface area (TPSA) is 282 Å². The minimum absolute atomic E-state index is 0.0192. The first-order valence-corrected chi connectivity index (χ1v) is 12.7. The summed E-state index contributed by atoms with van der Waals surface area (Å²) in [5.41, 5.74) is 16.4. The van der Waals surface area contributed by atoms with Gasteiger partial charge in [0.25, 0.3) is 0 Å². The van der Waals surface area contributed by atoms with Crippen LogP contribution in [0.5, 0.6) is 0 Å². The fraction of sp³-hybridized carbons (Fsp3) is 0.727. The Bertz CT molecular complexity index is 998. The molecule has 0 aliphatic carbocycles. The Kier molecular flexibility index (Phi) is 21.1. The number of ether oxygens (including phenoxy) is 5. The van der Waals surface area contributed by atoms with Gasteiger partial charge in [-0.25, -0.2) is 14.4 Å².